The van der Waals surface area contributed by atoms with Crippen LogP contribution in [0.2, 0.25) is 0 Å². The predicted molar refractivity (Wildman–Crippen MR) is 118 cm³/mol. The van der Waals surface area contributed by atoms with Crippen molar-refractivity contribution in [1.82, 2.24) is 25.1 Å². The molecule has 4 aromatic rings. The number of nitriles is 1. The molecule has 2 heterocycles. The molecule has 0 radical (unpaired) electrons. The quantitative estimate of drug-likeness (QED) is 0.390. The highest BCUT2D eigenvalue weighted by Crippen LogP contribution is 2.28. The summed E-state index contributed by atoms with van der Waals surface area (Å²) in [6, 6.07) is 19.6. The van der Waals surface area contributed by atoms with Crippen LogP contribution in [0.5, 0.6) is 17.4 Å². The van der Waals surface area contributed by atoms with E-state index >= 15 is 0 Å². The molecule has 166 valence electrons. The zero-order chi connectivity index (χ0) is 23.0. The van der Waals surface area contributed by atoms with Gasteiger partial charge in [0.2, 0.25) is 5.88 Å². The number of carbonyl (C=O) groups is 1. The van der Waals surface area contributed by atoms with Crippen molar-refractivity contribution in [2.24, 2.45) is 0 Å². The number of aromatic nitrogens is 4. The van der Waals surface area contributed by atoms with Gasteiger partial charge in [0.1, 0.15) is 24.2 Å². The third-order valence-corrected chi connectivity index (χ3v) is 4.63. The molecule has 0 spiro atoms. The lowest BCUT2D eigenvalue weighted by atomic mass is 10.2. The van der Waals surface area contributed by atoms with Crippen molar-refractivity contribution >= 4 is 11.6 Å². The zero-order valence-corrected chi connectivity index (χ0v) is 17.8. The number of para-hydroxylation sites is 2. The molecule has 10 nitrogen and oxygen atoms in total. The van der Waals surface area contributed by atoms with Gasteiger partial charge in [-0.1, -0.05) is 24.3 Å². The fourth-order valence-corrected chi connectivity index (χ4v) is 3.07. The number of ether oxygens (including phenoxy) is 3. The zero-order valence-electron chi connectivity index (χ0n) is 17.8. The number of rotatable bonds is 9. The van der Waals surface area contributed by atoms with Crippen molar-refractivity contribution in [2.45, 2.75) is 0 Å². The van der Waals surface area contributed by atoms with E-state index in [4.69, 9.17) is 19.5 Å². The van der Waals surface area contributed by atoms with E-state index < -0.39 is 0 Å². The molecular weight excluding hydrogens is 424 g/mol. The first-order valence-corrected chi connectivity index (χ1v) is 10.1. The lowest BCUT2D eigenvalue weighted by molar-refractivity contribution is -0.123. The molecule has 33 heavy (non-hydrogen) atoms. The fraction of sp³-hybridized carbons (Fsp3) is 0.174. The number of hydrogen-bond acceptors (Lipinski definition) is 8. The average molecular weight is 444 g/mol. The Morgan fingerprint density at radius 3 is 2.64 bits per heavy atom. The number of hydrogen-bond donors (Lipinski definition) is 1. The maximum atomic E-state index is 12.0. The van der Waals surface area contributed by atoms with Crippen molar-refractivity contribution < 1.29 is 19.0 Å². The van der Waals surface area contributed by atoms with Crippen molar-refractivity contribution in [3.8, 4) is 34.8 Å². The maximum Gasteiger partial charge on any atom is 0.258 e. The molecule has 0 saturated carbocycles. The van der Waals surface area contributed by atoms with Crippen LogP contribution >= 0.6 is 0 Å². The van der Waals surface area contributed by atoms with Crippen LogP contribution in [0.25, 0.3) is 17.0 Å². The van der Waals surface area contributed by atoms with Gasteiger partial charge in [-0.05, 0) is 30.3 Å². The third kappa shape index (κ3) is 4.99. The van der Waals surface area contributed by atoms with Gasteiger partial charge in [-0.3, -0.25) is 4.79 Å². The standard InChI is InChI=1S/C23H20N6O4/c1-31-19-9-5-3-7-17(19)23-27-26-20-10-11-22(28-29(20)23)32-13-12-25-21(30)15-33-18-8-4-2-6-16(18)14-24/h2-11H,12-13,15H2,1H3,(H,25,30). The molecule has 2 aromatic heterocycles. The van der Waals surface area contributed by atoms with Crippen molar-refractivity contribution in [3.05, 3.63) is 66.2 Å². The Morgan fingerprint density at radius 1 is 1.03 bits per heavy atom. The second-order valence-corrected chi connectivity index (χ2v) is 6.76. The summed E-state index contributed by atoms with van der Waals surface area (Å²) in [5.74, 6) is 1.57. The third-order valence-electron chi connectivity index (χ3n) is 4.63. The number of amides is 1. The number of carbonyl (C=O) groups excluding carboxylic acids is 1. The van der Waals surface area contributed by atoms with Crippen molar-refractivity contribution in [1.29, 1.82) is 5.26 Å². The highest BCUT2D eigenvalue weighted by atomic mass is 16.5. The molecule has 2 aromatic carbocycles. The molecule has 1 N–H and O–H groups in total. The number of nitrogens with zero attached hydrogens (tertiary/aromatic N) is 5. The number of methoxy groups -OCH3 is 1. The number of nitrogens with one attached hydrogen (secondary N) is 1. The van der Waals surface area contributed by atoms with E-state index in [1.165, 1.54) is 0 Å². The van der Waals surface area contributed by atoms with E-state index in [1.54, 1.807) is 48.0 Å². The van der Waals surface area contributed by atoms with Crippen LogP contribution in [-0.4, -0.2) is 52.6 Å². The van der Waals surface area contributed by atoms with E-state index in [2.05, 4.69) is 20.6 Å². The van der Waals surface area contributed by atoms with E-state index in [1.807, 2.05) is 30.3 Å². The van der Waals surface area contributed by atoms with E-state index in [-0.39, 0.29) is 25.7 Å². The topological polar surface area (TPSA) is 124 Å². The van der Waals surface area contributed by atoms with Crippen LogP contribution in [0.1, 0.15) is 5.56 Å². The first-order valence-electron chi connectivity index (χ1n) is 10.1. The Hall–Kier alpha value is -4.65. The lowest BCUT2D eigenvalue weighted by Crippen LogP contribution is -2.32. The van der Waals surface area contributed by atoms with E-state index in [9.17, 15) is 4.79 Å². The minimum Gasteiger partial charge on any atom is -0.496 e. The van der Waals surface area contributed by atoms with Crippen LogP contribution in [0.15, 0.2) is 60.7 Å². The average Bonchev–Trinajstić information content (AvgIpc) is 3.28. The molecule has 0 unspecified atom stereocenters. The largest absolute Gasteiger partial charge is 0.496 e. The van der Waals surface area contributed by atoms with Crippen LogP contribution in [-0.2, 0) is 4.79 Å². The Morgan fingerprint density at radius 2 is 1.82 bits per heavy atom. The molecule has 0 aliphatic rings. The van der Waals surface area contributed by atoms with Crippen LogP contribution in [0, 0.1) is 11.3 Å². The van der Waals surface area contributed by atoms with Crippen LogP contribution in [0.4, 0.5) is 0 Å². The Bertz CT molecular complexity index is 1310. The van der Waals surface area contributed by atoms with Gasteiger partial charge in [0, 0.05) is 6.07 Å². The molecular formula is C23H20N6O4. The lowest BCUT2D eigenvalue weighted by Gasteiger charge is -2.10. The van der Waals surface area contributed by atoms with Gasteiger partial charge in [-0.2, -0.15) is 9.78 Å². The predicted octanol–water partition coefficient (Wildman–Crippen LogP) is 2.25. The summed E-state index contributed by atoms with van der Waals surface area (Å²) in [6.07, 6.45) is 0. The molecule has 0 aliphatic carbocycles. The number of benzene rings is 2. The van der Waals surface area contributed by atoms with E-state index in [0.29, 0.717) is 34.4 Å². The fourth-order valence-electron chi connectivity index (χ4n) is 3.07. The monoisotopic (exact) mass is 444 g/mol. The Labute approximate surface area is 189 Å². The summed E-state index contributed by atoms with van der Waals surface area (Å²) < 4.78 is 18.0. The summed E-state index contributed by atoms with van der Waals surface area (Å²) in [4.78, 5) is 12.0. The second-order valence-electron chi connectivity index (χ2n) is 6.76. The SMILES string of the molecule is COc1ccccc1-c1nnc2ccc(OCCNC(=O)COc3ccccc3C#N)nn12. The smallest absolute Gasteiger partial charge is 0.258 e. The molecule has 0 aliphatic heterocycles. The van der Waals surface area contributed by atoms with Gasteiger partial charge >= 0.3 is 0 Å². The highest BCUT2D eigenvalue weighted by molar-refractivity contribution is 5.77. The van der Waals surface area contributed by atoms with Gasteiger partial charge in [0.15, 0.2) is 18.1 Å². The summed E-state index contributed by atoms with van der Waals surface area (Å²) in [6.45, 7) is 0.250. The summed E-state index contributed by atoms with van der Waals surface area (Å²) in [7, 11) is 1.59. The highest BCUT2D eigenvalue weighted by Gasteiger charge is 2.14. The van der Waals surface area contributed by atoms with Crippen molar-refractivity contribution in [2.75, 3.05) is 26.9 Å². The second kappa shape index (κ2) is 10.1. The van der Waals surface area contributed by atoms with Crippen LogP contribution in [0.3, 0.4) is 0 Å². The van der Waals surface area contributed by atoms with Gasteiger partial charge in [0.05, 0.1) is 24.8 Å². The maximum absolute atomic E-state index is 12.0. The van der Waals surface area contributed by atoms with Crippen LogP contribution < -0.4 is 19.5 Å². The summed E-state index contributed by atoms with van der Waals surface area (Å²) in [5.41, 5.74) is 1.69. The summed E-state index contributed by atoms with van der Waals surface area (Å²) in [5, 5.41) is 24.6. The van der Waals surface area contributed by atoms with E-state index in [0.717, 1.165) is 5.56 Å². The van der Waals surface area contributed by atoms with Gasteiger partial charge < -0.3 is 19.5 Å². The molecule has 1 amide bonds. The Kier molecular flexibility index (Phi) is 6.61. The Balaban J connectivity index is 1.32. The van der Waals surface area contributed by atoms with Gasteiger partial charge in [-0.25, -0.2) is 0 Å². The minimum atomic E-state index is -0.327. The molecule has 0 saturated heterocycles. The first kappa shape index (κ1) is 21.6. The molecule has 10 heteroatoms. The normalized spacial score (nSPS) is 10.4. The molecule has 0 bridgehead atoms. The molecule has 4 rings (SSSR count). The van der Waals surface area contributed by atoms with Gasteiger partial charge in [0.25, 0.3) is 5.91 Å². The number of fused-ring (bicyclic) bond motifs is 1. The first-order chi connectivity index (χ1) is 16.2. The van der Waals surface area contributed by atoms with Crippen molar-refractivity contribution in [3.63, 3.8) is 0 Å². The van der Waals surface area contributed by atoms with Gasteiger partial charge in [-0.15, -0.1) is 15.3 Å². The minimum absolute atomic E-state index is 0.200. The molecule has 0 atom stereocenters. The summed E-state index contributed by atoms with van der Waals surface area (Å²) >= 11 is 0. The molecule has 0 fully saturated rings.